The van der Waals surface area contributed by atoms with Crippen LogP contribution in [0.15, 0.2) is 12.7 Å². The number of aliphatic hydroxyl groups is 2. The van der Waals surface area contributed by atoms with Gasteiger partial charge in [-0.15, -0.1) is 18.2 Å². The molecule has 0 aromatic carbocycles. The van der Waals surface area contributed by atoms with E-state index in [1.807, 2.05) is 13.8 Å². The van der Waals surface area contributed by atoms with Crippen molar-refractivity contribution in [1.82, 2.24) is 0 Å². The molecule has 3 nitrogen and oxygen atoms in total. The van der Waals surface area contributed by atoms with Gasteiger partial charge in [0.05, 0.1) is 28.8 Å². The molecule has 1 aliphatic rings. The van der Waals surface area contributed by atoms with Gasteiger partial charge in [0, 0.05) is 4.83 Å². The van der Waals surface area contributed by atoms with E-state index in [0.29, 0.717) is 6.42 Å². The van der Waals surface area contributed by atoms with Crippen LogP contribution in [0.2, 0.25) is 0 Å². The summed E-state index contributed by atoms with van der Waals surface area (Å²) < 4.78 is 5.78. The molecule has 1 rings (SSSR count). The number of hydrogen-bond donors (Lipinski definition) is 2. The molecule has 0 aromatic rings. The normalized spacial score (nSPS) is 29.8. The smallest absolute Gasteiger partial charge is 0.0980 e. The van der Waals surface area contributed by atoms with Crippen LogP contribution in [0, 0.1) is 0 Å². The van der Waals surface area contributed by atoms with Crippen molar-refractivity contribution in [2.45, 2.75) is 80.1 Å². The Morgan fingerprint density at radius 2 is 2.05 bits per heavy atom. The van der Waals surface area contributed by atoms with E-state index in [-0.39, 0.29) is 21.9 Å². The zero-order valence-corrected chi connectivity index (χ0v) is 14.8. The van der Waals surface area contributed by atoms with Gasteiger partial charge < -0.3 is 14.9 Å². The summed E-state index contributed by atoms with van der Waals surface area (Å²) in [4.78, 5) is -0.229. The second-order valence-electron chi connectivity index (χ2n) is 6.39. The second kappa shape index (κ2) is 7.10. The molecule has 1 saturated heterocycles. The Kier molecular flexibility index (Phi) is 6.55. The third-order valence-electron chi connectivity index (χ3n) is 4.02. The van der Waals surface area contributed by atoms with Gasteiger partial charge in [0.15, 0.2) is 0 Å². The van der Waals surface area contributed by atoms with E-state index in [4.69, 9.17) is 16.3 Å². The van der Waals surface area contributed by atoms with Crippen molar-refractivity contribution in [1.29, 1.82) is 0 Å². The molecule has 2 N–H and O–H groups in total. The minimum atomic E-state index is -0.913. The molecule has 118 valence electrons. The zero-order valence-electron chi connectivity index (χ0n) is 12.5. The van der Waals surface area contributed by atoms with Crippen molar-refractivity contribution in [3.63, 3.8) is 0 Å². The third-order valence-corrected chi connectivity index (χ3v) is 6.15. The molecular weight excluding hydrogens is 344 g/mol. The van der Waals surface area contributed by atoms with E-state index >= 15 is 0 Å². The van der Waals surface area contributed by atoms with E-state index in [1.54, 1.807) is 6.92 Å². The van der Waals surface area contributed by atoms with Crippen LogP contribution < -0.4 is 0 Å². The zero-order chi connectivity index (χ0) is 15.6. The molecule has 1 heterocycles. The van der Waals surface area contributed by atoms with Crippen molar-refractivity contribution in [2.24, 2.45) is 0 Å². The van der Waals surface area contributed by atoms with Gasteiger partial charge in [0.25, 0.3) is 0 Å². The van der Waals surface area contributed by atoms with Crippen LogP contribution in [0.3, 0.4) is 0 Å². The summed E-state index contributed by atoms with van der Waals surface area (Å²) in [5, 5.41) is 20.3. The highest BCUT2D eigenvalue weighted by Gasteiger charge is 2.41. The summed E-state index contributed by atoms with van der Waals surface area (Å²) in [5.74, 6) is 0. The van der Waals surface area contributed by atoms with Crippen LogP contribution >= 0.6 is 27.5 Å². The van der Waals surface area contributed by atoms with Gasteiger partial charge in [0.1, 0.15) is 0 Å². The lowest BCUT2D eigenvalue weighted by Gasteiger charge is -2.33. The quantitative estimate of drug-likeness (QED) is 0.534. The van der Waals surface area contributed by atoms with Crippen LogP contribution in [-0.4, -0.2) is 43.8 Å². The summed E-state index contributed by atoms with van der Waals surface area (Å²) in [7, 11) is 0. The molecule has 5 atom stereocenters. The van der Waals surface area contributed by atoms with Gasteiger partial charge in [-0.05, 0) is 46.5 Å². The molecule has 0 radical (unpaired) electrons. The number of halogens is 2. The molecule has 0 amide bonds. The first kappa shape index (κ1) is 18.4. The van der Waals surface area contributed by atoms with E-state index in [9.17, 15) is 10.2 Å². The monoisotopic (exact) mass is 368 g/mol. The van der Waals surface area contributed by atoms with E-state index in [0.717, 1.165) is 19.3 Å². The van der Waals surface area contributed by atoms with Gasteiger partial charge >= 0.3 is 0 Å². The second-order valence-corrected chi connectivity index (χ2v) is 8.47. The first-order chi connectivity index (χ1) is 9.08. The average molecular weight is 370 g/mol. The highest BCUT2D eigenvalue weighted by atomic mass is 79.9. The number of rotatable bonds is 7. The molecule has 5 heteroatoms. The van der Waals surface area contributed by atoms with Gasteiger partial charge in [-0.3, -0.25) is 0 Å². The number of alkyl halides is 2. The average Bonchev–Trinajstić information content (AvgIpc) is 2.84. The third kappa shape index (κ3) is 4.99. The number of ether oxygens (including phenoxy) is 1. The molecule has 0 aromatic heterocycles. The van der Waals surface area contributed by atoms with E-state index in [1.165, 1.54) is 6.08 Å². The van der Waals surface area contributed by atoms with Gasteiger partial charge in [0.2, 0.25) is 0 Å². The van der Waals surface area contributed by atoms with Crippen molar-refractivity contribution >= 4 is 27.5 Å². The Morgan fingerprint density at radius 3 is 2.55 bits per heavy atom. The highest BCUT2D eigenvalue weighted by molar-refractivity contribution is 9.09. The topological polar surface area (TPSA) is 49.7 Å². The summed E-state index contributed by atoms with van der Waals surface area (Å²) in [5.41, 5.74) is -0.913. The van der Waals surface area contributed by atoms with Gasteiger partial charge in [-0.2, -0.15) is 0 Å². The summed E-state index contributed by atoms with van der Waals surface area (Å²) in [6.07, 6.45) is 3.16. The fraction of sp³-hybridized carbons (Fsp3) is 0.867. The lowest BCUT2D eigenvalue weighted by molar-refractivity contribution is -0.113. The molecule has 0 bridgehead atoms. The van der Waals surface area contributed by atoms with Crippen LogP contribution in [0.4, 0.5) is 0 Å². The number of aliphatic hydroxyl groups excluding tert-OH is 1. The molecule has 1 fully saturated rings. The first-order valence-electron chi connectivity index (χ1n) is 7.09. The minimum Gasteiger partial charge on any atom is -0.387 e. The maximum absolute atomic E-state index is 10.6. The fourth-order valence-corrected chi connectivity index (χ4v) is 2.78. The molecule has 20 heavy (non-hydrogen) atoms. The Morgan fingerprint density at radius 1 is 1.45 bits per heavy atom. The van der Waals surface area contributed by atoms with Crippen molar-refractivity contribution in [3.8, 4) is 0 Å². The molecule has 1 aliphatic heterocycles. The van der Waals surface area contributed by atoms with Crippen LogP contribution in [0.1, 0.15) is 46.5 Å². The lowest BCUT2D eigenvalue weighted by Crippen LogP contribution is -2.41. The Balaban J connectivity index is 2.51. The van der Waals surface area contributed by atoms with Crippen molar-refractivity contribution in [3.05, 3.63) is 12.7 Å². The molecule has 0 unspecified atom stereocenters. The standard InChI is InChI=1S/C15H26BrClO3/c1-5-10(18)11-6-7-13(20-11)15(4,19)9-8-12(16)14(2,3)17/h5,10-13,18-19H,1,6-9H2,2-4H3/t10-,11+,12-,13-,15+/m1/s1. The highest BCUT2D eigenvalue weighted by Crippen LogP contribution is 2.35. The maximum Gasteiger partial charge on any atom is 0.0980 e. The van der Waals surface area contributed by atoms with Gasteiger partial charge in [-0.25, -0.2) is 0 Å². The first-order valence-corrected chi connectivity index (χ1v) is 8.38. The molecular formula is C15H26BrClO3. The molecule has 0 spiro atoms. The fourth-order valence-electron chi connectivity index (χ4n) is 2.45. The maximum atomic E-state index is 10.6. The van der Waals surface area contributed by atoms with Crippen LogP contribution in [0.5, 0.6) is 0 Å². The Labute approximate surface area is 135 Å². The summed E-state index contributed by atoms with van der Waals surface area (Å²) >= 11 is 9.82. The summed E-state index contributed by atoms with van der Waals surface area (Å²) in [6, 6.07) is 0. The van der Waals surface area contributed by atoms with Gasteiger partial charge in [-0.1, -0.05) is 22.0 Å². The van der Waals surface area contributed by atoms with E-state index in [2.05, 4.69) is 22.5 Å². The van der Waals surface area contributed by atoms with Crippen LogP contribution in [-0.2, 0) is 4.74 Å². The Bertz CT molecular complexity index is 328. The predicted octanol–water partition coefficient (Wildman–Crippen LogP) is 3.39. The number of hydrogen-bond acceptors (Lipinski definition) is 3. The Hall–Kier alpha value is 0.390. The molecule has 0 aliphatic carbocycles. The predicted molar refractivity (Wildman–Crippen MR) is 86.6 cm³/mol. The molecule has 0 saturated carbocycles. The van der Waals surface area contributed by atoms with Crippen molar-refractivity contribution < 1.29 is 14.9 Å². The lowest BCUT2D eigenvalue weighted by atomic mass is 9.89. The minimum absolute atomic E-state index is 0.124. The summed E-state index contributed by atoms with van der Waals surface area (Å²) in [6.45, 7) is 9.26. The SMILES string of the molecule is C=C[C@@H](O)[C@@H]1CC[C@H]([C@@](C)(O)CC[C@@H](Br)C(C)(C)Cl)O1. The van der Waals surface area contributed by atoms with Crippen LogP contribution in [0.25, 0.3) is 0 Å². The largest absolute Gasteiger partial charge is 0.387 e. The van der Waals surface area contributed by atoms with Crippen molar-refractivity contribution in [2.75, 3.05) is 0 Å². The van der Waals surface area contributed by atoms with E-state index < -0.39 is 11.7 Å².